The van der Waals surface area contributed by atoms with E-state index in [1.165, 1.54) is 22.3 Å². The largest absolute Gasteiger partial charge is 0.370 e. The molecule has 1 heterocycles. The van der Waals surface area contributed by atoms with Crippen molar-refractivity contribution in [2.75, 3.05) is 13.2 Å². The van der Waals surface area contributed by atoms with E-state index in [1.807, 2.05) is 0 Å². The minimum Gasteiger partial charge on any atom is -0.370 e. The quantitative estimate of drug-likeness (QED) is 0.769. The predicted octanol–water partition coefficient (Wildman–Crippen LogP) is 4.58. The molecule has 0 amide bonds. The molecule has 2 nitrogen and oxygen atoms in total. The highest BCUT2D eigenvalue weighted by atomic mass is 16.5. The van der Waals surface area contributed by atoms with E-state index in [0.717, 1.165) is 13.2 Å². The lowest BCUT2D eigenvalue weighted by atomic mass is 9.71. The zero-order valence-corrected chi connectivity index (χ0v) is 14.2. The van der Waals surface area contributed by atoms with Crippen molar-refractivity contribution in [3.63, 3.8) is 0 Å². The standard InChI is InChI=1S/C21H25NO/c1-21(2,3)18-14-8-4-6-10-16(14)19-20(23-13-12-22-19)17-11-7-5-9-15(17)18/h4-11,18-20,22H,12-13H2,1-3H3. The molecule has 0 saturated carbocycles. The lowest BCUT2D eigenvalue weighted by Crippen LogP contribution is -2.37. The first kappa shape index (κ1) is 14.9. The molecule has 3 atom stereocenters. The highest BCUT2D eigenvalue weighted by Gasteiger charge is 2.40. The fourth-order valence-electron chi connectivity index (χ4n) is 4.34. The molecule has 2 aromatic rings. The monoisotopic (exact) mass is 307 g/mol. The van der Waals surface area contributed by atoms with Gasteiger partial charge < -0.3 is 10.1 Å². The van der Waals surface area contributed by atoms with Crippen molar-refractivity contribution >= 4 is 0 Å². The van der Waals surface area contributed by atoms with Gasteiger partial charge in [-0.15, -0.1) is 0 Å². The van der Waals surface area contributed by atoms with Crippen LogP contribution in [0.15, 0.2) is 48.5 Å². The highest BCUT2D eigenvalue weighted by Crippen LogP contribution is 2.51. The molecule has 0 spiro atoms. The van der Waals surface area contributed by atoms with Crippen molar-refractivity contribution in [3.05, 3.63) is 70.8 Å². The molecule has 4 rings (SSSR count). The summed E-state index contributed by atoms with van der Waals surface area (Å²) in [4.78, 5) is 0. The lowest BCUT2D eigenvalue weighted by molar-refractivity contribution is -0.00614. The fourth-order valence-corrected chi connectivity index (χ4v) is 4.34. The van der Waals surface area contributed by atoms with Crippen molar-refractivity contribution in [2.45, 2.75) is 38.8 Å². The Bertz CT molecular complexity index is 660. The first-order valence-electron chi connectivity index (χ1n) is 8.60. The van der Waals surface area contributed by atoms with Crippen LogP contribution in [-0.2, 0) is 4.74 Å². The Kier molecular flexibility index (Phi) is 3.55. The van der Waals surface area contributed by atoms with Crippen molar-refractivity contribution in [1.82, 2.24) is 5.32 Å². The summed E-state index contributed by atoms with van der Waals surface area (Å²) in [5.74, 6) is 0.380. The Morgan fingerprint density at radius 3 is 2.09 bits per heavy atom. The van der Waals surface area contributed by atoms with Crippen molar-refractivity contribution in [1.29, 1.82) is 0 Å². The van der Waals surface area contributed by atoms with Crippen LogP contribution in [0.1, 0.15) is 61.1 Å². The number of hydrogen-bond acceptors (Lipinski definition) is 2. The second kappa shape index (κ2) is 5.47. The van der Waals surface area contributed by atoms with Crippen LogP contribution in [0.3, 0.4) is 0 Å². The van der Waals surface area contributed by atoms with Gasteiger partial charge in [-0.25, -0.2) is 0 Å². The molecular formula is C21H25NO. The van der Waals surface area contributed by atoms with Gasteiger partial charge in [0.2, 0.25) is 0 Å². The SMILES string of the molecule is CC(C)(C)C1c2ccccc2C2NCCOC2c2ccccc21. The summed E-state index contributed by atoms with van der Waals surface area (Å²) in [7, 11) is 0. The normalized spacial score (nSPS) is 26.7. The molecule has 1 fully saturated rings. The number of ether oxygens (including phenoxy) is 1. The Morgan fingerprint density at radius 1 is 0.870 bits per heavy atom. The van der Waals surface area contributed by atoms with Crippen LogP contribution in [-0.4, -0.2) is 13.2 Å². The summed E-state index contributed by atoms with van der Waals surface area (Å²) in [6.45, 7) is 8.72. The third kappa shape index (κ3) is 2.41. The van der Waals surface area contributed by atoms with Gasteiger partial charge in [0.15, 0.2) is 0 Å². The average Bonchev–Trinajstić information content (AvgIpc) is 2.67. The van der Waals surface area contributed by atoms with Gasteiger partial charge in [-0.05, 0) is 27.7 Å². The molecule has 0 radical (unpaired) electrons. The number of benzene rings is 2. The summed E-state index contributed by atoms with van der Waals surface area (Å²) in [6, 6.07) is 18.0. The molecule has 1 N–H and O–H groups in total. The van der Waals surface area contributed by atoms with Gasteiger partial charge in [0, 0.05) is 12.5 Å². The number of fused-ring (bicyclic) bond motifs is 5. The summed E-state index contributed by atoms with van der Waals surface area (Å²) in [5, 5.41) is 3.71. The summed E-state index contributed by atoms with van der Waals surface area (Å²) >= 11 is 0. The molecular weight excluding hydrogens is 282 g/mol. The molecule has 1 aliphatic heterocycles. The van der Waals surface area contributed by atoms with E-state index in [9.17, 15) is 0 Å². The minimum atomic E-state index is 0.105. The van der Waals surface area contributed by atoms with Gasteiger partial charge in [0.25, 0.3) is 0 Å². The molecule has 23 heavy (non-hydrogen) atoms. The van der Waals surface area contributed by atoms with Gasteiger partial charge in [-0.3, -0.25) is 0 Å². The van der Waals surface area contributed by atoms with Crippen molar-refractivity contribution < 1.29 is 4.74 Å². The molecule has 1 saturated heterocycles. The zero-order chi connectivity index (χ0) is 16.0. The van der Waals surface area contributed by atoms with Crippen LogP contribution in [0.2, 0.25) is 0 Å². The van der Waals surface area contributed by atoms with E-state index in [1.54, 1.807) is 0 Å². The maximum absolute atomic E-state index is 6.24. The third-order valence-corrected chi connectivity index (χ3v) is 5.19. The van der Waals surface area contributed by atoms with Crippen LogP contribution in [0.25, 0.3) is 0 Å². The smallest absolute Gasteiger partial charge is 0.102 e. The van der Waals surface area contributed by atoms with Gasteiger partial charge in [-0.1, -0.05) is 69.3 Å². The molecule has 2 aromatic carbocycles. The average molecular weight is 307 g/mol. The number of hydrogen-bond donors (Lipinski definition) is 1. The van der Waals surface area contributed by atoms with Crippen molar-refractivity contribution in [2.24, 2.45) is 5.41 Å². The van der Waals surface area contributed by atoms with E-state index in [4.69, 9.17) is 4.74 Å². The molecule has 0 aromatic heterocycles. The highest BCUT2D eigenvalue weighted by molar-refractivity contribution is 5.49. The van der Waals surface area contributed by atoms with Gasteiger partial charge in [0.1, 0.15) is 6.10 Å². The maximum Gasteiger partial charge on any atom is 0.102 e. The molecule has 2 heteroatoms. The van der Waals surface area contributed by atoms with Crippen LogP contribution < -0.4 is 5.32 Å². The van der Waals surface area contributed by atoms with E-state index < -0.39 is 0 Å². The van der Waals surface area contributed by atoms with Crippen LogP contribution in [0.4, 0.5) is 0 Å². The number of morpholine rings is 1. The summed E-state index contributed by atoms with van der Waals surface area (Å²) in [6.07, 6.45) is 0.105. The number of rotatable bonds is 0. The van der Waals surface area contributed by atoms with Gasteiger partial charge >= 0.3 is 0 Å². The van der Waals surface area contributed by atoms with E-state index >= 15 is 0 Å². The molecule has 3 unspecified atom stereocenters. The third-order valence-electron chi connectivity index (χ3n) is 5.19. The van der Waals surface area contributed by atoms with E-state index in [0.29, 0.717) is 5.92 Å². The Hall–Kier alpha value is -1.64. The van der Waals surface area contributed by atoms with Crippen LogP contribution in [0, 0.1) is 5.41 Å². The van der Waals surface area contributed by atoms with Gasteiger partial charge in [-0.2, -0.15) is 0 Å². The maximum atomic E-state index is 6.24. The van der Waals surface area contributed by atoms with Crippen LogP contribution in [0.5, 0.6) is 0 Å². The van der Waals surface area contributed by atoms with Crippen molar-refractivity contribution in [3.8, 4) is 0 Å². The topological polar surface area (TPSA) is 21.3 Å². The zero-order valence-electron chi connectivity index (χ0n) is 14.2. The van der Waals surface area contributed by atoms with E-state index in [-0.39, 0.29) is 17.6 Å². The Morgan fingerprint density at radius 2 is 1.43 bits per heavy atom. The molecule has 0 bridgehead atoms. The molecule has 1 aliphatic carbocycles. The lowest BCUT2D eigenvalue weighted by Gasteiger charge is -2.33. The predicted molar refractivity (Wildman–Crippen MR) is 93.6 cm³/mol. The first-order chi connectivity index (χ1) is 11.1. The van der Waals surface area contributed by atoms with E-state index in [2.05, 4.69) is 74.6 Å². The fraction of sp³-hybridized carbons (Fsp3) is 0.429. The van der Waals surface area contributed by atoms with Crippen LogP contribution >= 0.6 is 0 Å². The number of nitrogens with one attached hydrogen (secondary N) is 1. The second-order valence-corrected chi connectivity index (χ2v) is 7.78. The summed E-state index contributed by atoms with van der Waals surface area (Å²) in [5.41, 5.74) is 5.76. The van der Waals surface area contributed by atoms with Gasteiger partial charge in [0.05, 0.1) is 12.6 Å². The summed E-state index contributed by atoms with van der Waals surface area (Å²) < 4.78 is 6.24. The first-order valence-corrected chi connectivity index (χ1v) is 8.60. The second-order valence-electron chi connectivity index (χ2n) is 7.78. The minimum absolute atomic E-state index is 0.105. The molecule has 2 aliphatic rings. The molecule has 120 valence electrons. The Balaban J connectivity index is 2.02. The Labute approximate surface area is 138 Å².